The van der Waals surface area contributed by atoms with Gasteiger partial charge >= 0.3 is 0 Å². The molecule has 0 spiro atoms. The van der Waals surface area contributed by atoms with Gasteiger partial charge in [0.15, 0.2) is 16.6 Å². The molecule has 2 aromatic carbocycles. The van der Waals surface area contributed by atoms with Gasteiger partial charge in [-0.25, -0.2) is 0 Å². The van der Waals surface area contributed by atoms with Gasteiger partial charge in [-0.3, -0.25) is 19.8 Å². The lowest BCUT2D eigenvalue weighted by atomic mass is 10.1. The van der Waals surface area contributed by atoms with E-state index in [0.717, 1.165) is 0 Å². The number of carbonyl (C=O) groups excluding carboxylic acids is 2. The Morgan fingerprint density at radius 2 is 1.60 bits per heavy atom. The first kappa shape index (κ1) is 21.1. The van der Waals surface area contributed by atoms with Gasteiger partial charge in [0.05, 0.1) is 34.1 Å². The molecule has 156 valence electrons. The number of carbonyl (C=O) groups is 2. The van der Waals surface area contributed by atoms with E-state index in [4.69, 9.17) is 31.2 Å². The largest absolute Gasteiger partial charge is 0.497 e. The predicted molar refractivity (Wildman–Crippen MR) is 115 cm³/mol. The van der Waals surface area contributed by atoms with Gasteiger partial charge in [0, 0.05) is 6.07 Å². The second kappa shape index (κ2) is 8.83. The maximum Gasteiger partial charge on any atom is 0.270 e. The standard InChI is InChI=1S/C21H20N2O6S/c1-26-14-7-5-6-13(11-14)23-20(25)15(19(24)22-21(23)30)8-12-9-16(27-2)18(29-4)17(10-12)28-3/h5-11H,1-4H3,(H,22,24,30). The summed E-state index contributed by atoms with van der Waals surface area (Å²) < 4.78 is 21.2. The van der Waals surface area contributed by atoms with Crippen molar-refractivity contribution in [3.8, 4) is 23.0 Å². The first-order valence-electron chi connectivity index (χ1n) is 8.79. The molecule has 8 nitrogen and oxygen atoms in total. The molecular formula is C21H20N2O6S. The molecule has 2 aromatic rings. The minimum absolute atomic E-state index is 0.0136. The van der Waals surface area contributed by atoms with Crippen LogP contribution in [0.5, 0.6) is 23.0 Å². The van der Waals surface area contributed by atoms with E-state index in [0.29, 0.717) is 34.2 Å². The highest BCUT2D eigenvalue weighted by molar-refractivity contribution is 7.80. The molecule has 0 atom stereocenters. The Morgan fingerprint density at radius 1 is 0.933 bits per heavy atom. The maximum absolute atomic E-state index is 13.2. The van der Waals surface area contributed by atoms with Crippen molar-refractivity contribution in [2.75, 3.05) is 33.3 Å². The van der Waals surface area contributed by atoms with Crippen molar-refractivity contribution in [2.45, 2.75) is 0 Å². The minimum Gasteiger partial charge on any atom is -0.497 e. The molecule has 30 heavy (non-hydrogen) atoms. The average molecular weight is 428 g/mol. The highest BCUT2D eigenvalue weighted by atomic mass is 32.1. The monoisotopic (exact) mass is 428 g/mol. The normalized spacial score (nSPS) is 15.1. The molecule has 0 saturated carbocycles. The molecule has 3 rings (SSSR count). The van der Waals surface area contributed by atoms with E-state index < -0.39 is 11.8 Å². The third-order valence-corrected chi connectivity index (χ3v) is 4.70. The van der Waals surface area contributed by atoms with Crippen LogP contribution in [-0.4, -0.2) is 45.4 Å². The number of hydrogen-bond acceptors (Lipinski definition) is 7. The van der Waals surface area contributed by atoms with Crippen molar-refractivity contribution in [1.29, 1.82) is 0 Å². The van der Waals surface area contributed by atoms with Gasteiger partial charge in [-0.05, 0) is 48.1 Å². The zero-order valence-corrected chi connectivity index (χ0v) is 17.7. The van der Waals surface area contributed by atoms with Gasteiger partial charge < -0.3 is 18.9 Å². The third kappa shape index (κ3) is 3.92. The van der Waals surface area contributed by atoms with Crippen molar-refractivity contribution >= 4 is 40.9 Å². The van der Waals surface area contributed by atoms with Gasteiger partial charge in [0.2, 0.25) is 5.75 Å². The highest BCUT2D eigenvalue weighted by Crippen LogP contribution is 2.39. The van der Waals surface area contributed by atoms with Crippen molar-refractivity contribution in [2.24, 2.45) is 0 Å². The predicted octanol–water partition coefficient (Wildman–Crippen LogP) is 2.55. The molecular weight excluding hydrogens is 408 g/mol. The summed E-state index contributed by atoms with van der Waals surface area (Å²) in [5, 5.41) is 2.53. The summed E-state index contributed by atoms with van der Waals surface area (Å²) in [6.45, 7) is 0. The van der Waals surface area contributed by atoms with E-state index in [1.165, 1.54) is 39.4 Å². The summed E-state index contributed by atoms with van der Waals surface area (Å²) >= 11 is 5.22. The SMILES string of the molecule is COc1cccc(N2C(=O)C(=Cc3cc(OC)c(OC)c(OC)c3)C(=O)NC2=S)c1. The van der Waals surface area contributed by atoms with Gasteiger partial charge in [-0.15, -0.1) is 0 Å². The average Bonchev–Trinajstić information content (AvgIpc) is 2.75. The first-order valence-corrected chi connectivity index (χ1v) is 9.19. The first-order chi connectivity index (χ1) is 14.4. The van der Waals surface area contributed by atoms with Gasteiger partial charge in [0.25, 0.3) is 11.8 Å². The molecule has 0 unspecified atom stereocenters. The topological polar surface area (TPSA) is 86.3 Å². The van der Waals surface area contributed by atoms with Crippen molar-refractivity contribution in [3.05, 3.63) is 47.5 Å². The second-order valence-corrected chi connectivity index (χ2v) is 6.50. The Labute approximate surface area is 179 Å². The summed E-state index contributed by atoms with van der Waals surface area (Å²) in [7, 11) is 5.97. The molecule has 1 fully saturated rings. The van der Waals surface area contributed by atoms with Crippen molar-refractivity contribution in [3.63, 3.8) is 0 Å². The lowest BCUT2D eigenvalue weighted by Gasteiger charge is -2.29. The molecule has 0 bridgehead atoms. The van der Waals surface area contributed by atoms with Crippen LogP contribution in [0.2, 0.25) is 0 Å². The van der Waals surface area contributed by atoms with Crippen LogP contribution in [0, 0.1) is 0 Å². The van der Waals surface area contributed by atoms with Crippen LogP contribution in [0.4, 0.5) is 5.69 Å². The van der Waals surface area contributed by atoms with E-state index in [1.54, 1.807) is 36.4 Å². The van der Waals surface area contributed by atoms with Crippen LogP contribution in [0.1, 0.15) is 5.56 Å². The number of hydrogen-bond donors (Lipinski definition) is 1. The molecule has 2 amide bonds. The molecule has 0 radical (unpaired) electrons. The fraction of sp³-hybridized carbons (Fsp3) is 0.190. The summed E-state index contributed by atoms with van der Waals surface area (Å²) in [6, 6.07) is 10.1. The zero-order valence-electron chi connectivity index (χ0n) is 16.8. The van der Waals surface area contributed by atoms with Crippen LogP contribution in [0.25, 0.3) is 6.08 Å². The smallest absolute Gasteiger partial charge is 0.270 e. The van der Waals surface area contributed by atoms with Gasteiger partial charge in [-0.1, -0.05) is 6.07 Å². The zero-order chi connectivity index (χ0) is 21.8. The number of anilines is 1. The molecule has 1 saturated heterocycles. The number of thiocarbonyl (C=S) groups is 1. The Morgan fingerprint density at radius 3 is 2.17 bits per heavy atom. The summed E-state index contributed by atoms with van der Waals surface area (Å²) in [4.78, 5) is 26.9. The van der Waals surface area contributed by atoms with Crippen LogP contribution < -0.4 is 29.2 Å². The molecule has 0 aliphatic carbocycles. The Bertz CT molecular complexity index is 1020. The molecule has 1 heterocycles. The molecule has 1 aliphatic heterocycles. The number of amides is 2. The van der Waals surface area contributed by atoms with Crippen LogP contribution in [0.3, 0.4) is 0 Å². The quantitative estimate of drug-likeness (QED) is 0.430. The maximum atomic E-state index is 13.2. The van der Waals surface area contributed by atoms with Crippen molar-refractivity contribution in [1.82, 2.24) is 5.32 Å². The number of benzene rings is 2. The highest BCUT2D eigenvalue weighted by Gasteiger charge is 2.34. The number of nitrogens with one attached hydrogen (secondary N) is 1. The van der Waals surface area contributed by atoms with Gasteiger partial charge in [-0.2, -0.15) is 0 Å². The van der Waals surface area contributed by atoms with E-state index in [9.17, 15) is 9.59 Å². The molecule has 0 aromatic heterocycles. The molecule has 9 heteroatoms. The summed E-state index contributed by atoms with van der Waals surface area (Å²) in [6.07, 6.45) is 1.44. The number of ether oxygens (including phenoxy) is 4. The summed E-state index contributed by atoms with van der Waals surface area (Å²) in [5.41, 5.74) is 0.891. The number of rotatable bonds is 6. The molecule has 1 N–H and O–H groups in total. The fourth-order valence-electron chi connectivity index (χ4n) is 2.99. The fourth-order valence-corrected chi connectivity index (χ4v) is 3.27. The van der Waals surface area contributed by atoms with Crippen LogP contribution in [0.15, 0.2) is 42.0 Å². The Balaban J connectivity index is 2.06. The molecule has 1 aliphatic rings. The van der Waals surface area contributed by atoms with Gasteiger partial charge in [0.1, 0.15) is 11.3 Å². The summed E-state index contributed by atoms with van der Waals surface area (Å²) in [5.74, 6) is 0.583. The van der Waals surface area contributed by atoms with E-state index in [1.807, 2.05) is 0 Å². The van der Waals surface area contributed by atoms with Crippen LogP contribution in [-0.2, 0) is 9.59 Å². The lowest BCUT2D eigenvalue weighted by molar-refractivity contribution is -0.122. The van der Waals surface area contributed by atoms with E-state index in [2.05, 4.69) is 5.32 Å². The van der Waals surface area contributed by atoms with Crippen LogP contribution >= 0.6 is 12.2 Å². The Hall–Kier alpha value is -3.59. The van der Waals surface area contributed by atoms with E-state index >= 15 is 0 Å². The Kier molecular flexibility index (Phi) is 6.22. The second-order valence-electron chi connectivity index (χ2n) is 6.12. The van der Waals surface area contributed by atoms with E-state index in [-0.39, 0.29) is 10.7 Å². The third-order valence-electron chi connectivity index (χ3n) is 4.41. The minimum atomic E-state index is -0.599. The number of methoxy groups -OCH3 is 4. The van der Waals surface area contributed by atoms with Crippen molar-refractivity contribution < 1.29 is 28.5 Å². The lowest BCUT2D eigenvalue weighted by Crippen LogP contribution is -2.54. The number of nitrogens with zero attached hydrogens (tertiary/aromatic N) is 1.